The van der Waals surface area contributed by atoms with E-state index in [9.17, 15) is 9.90 Å². The molecular formula is C15H16N2O3. The molecule has 1 aromatic carbocycles. The first-order valence-corrected chi connectivity index (χ1v) is 6.65. The molecular weight excluding hydrogens is 256 g/mol. The van der Waals surface area contributed by atoms with Gasteiger partial charge in [-0.3, -0.25) is 0 Å². The number of anilines is 1. The van der Waals surface area contributed by atoms with Crippen LogP contribution in [0.1, 0.15) is 23.7 Å². The Bertz CT molecular complexity index is 671. The Labute approximate surface area is 116 Å². The fraction of sp³-hybridized carbons (Fsp3) is 0.333. The van der Waals surface area contributed by atoms with Gasteiger partial charge in [0, 0.05) is 11.9 Å². The summed E-state index contributed by atoms with van der Waals surface area (Å²) in [6, 6.07) is 8.73. The van der Waals surface area contributed by atoms with Crippen LogP contribution in [0, 0.1) is 0 Å². The van der Waals surface area contributed by atoms with Crippen LogP contribution in [-0.4, -0.2) is 39.9 Å². The van der Waals surface area contributed by atoms with Gasteiger partial charge >= 0.3 is 5.97 Å². The van der Waals surface area contributed by atoms with E-state index in [1.54, 1.807) is 18.2 Å². The average molecular weight is 272 g/mol. The minimum Gasteiger partial charge on any atom is -0.478 e. The molecule has 0 radical (unpaired) electrons. The lowest BCUT2D eigenvalue weighted by Gasteiger charge is -2.24. The number of pyridine rings is 1. The summed E-state index contributed by atoms with van der Waals surface area (Å²) in [5.74, 6) is -0.167. The molecule has 104 valence electrons. The standard InChI is InChI=1S/C15H16N2O3/c1-9-13(18)7-8-17(9)14-6-5-10-11(15(19)20)3-2-4-12(10)16-14/h2-6,9,13,18H,7-8H2,1H3,(H,19,20). The van der Waals surface area contributed by atoms with Gasteiger partial charge in [-0.1, -0.05) is 6.07 Å². The molecule has 5 nitrogen and oxygen atoms in total. The number of carboxylic acid groups (broad SMARTS) is 1. The number of aliphatic hydroxyl groups excluding tert-OH is 1. The third-order valence-electron chi connectivity index (χ3n) is 3.96. The van der Waals surface area contributed by atoms with Crippen molar-refractivity contribution in [2.75, 3.05) is 11.4 Å². The molecule has 1 aromatic heterocycles. The van der Waals surface area contributed by atoms with Crippen LogP contribution in [0.25, 0.3) is 10.9 Å². The molecule has 0 spiro atoms. The second-order valence-corrected chi connectivity index (χ2v) is 5.14. The number of aromatic nitrogens is 1. The SMILES string of the molecule is CC1C(O)CCN1c1ccc2c(C(=O)O)cccc2n1. The molecule has 2 atom stereocenters. The number of carbonyl (C=O) groups is 1. The number of carboxylic acids is 1. The summed E-state index contributed by atoms with van der Waals surface area (Å²) in [6.45, 7) is 2.73. The van der Waals surface area contributed by atoms with Crippen LogP contribution in [0.2, 0.25) is 0 Å². The van der Waals surface area contributed by atoms with Crippen molar-refractivity contribution in [1.82, 2.24) is 4.98 Å². The first kappa shape index (κ1) is 12.9. The quantitative estimate of drug-likeness (QED) is 0.873. The minimum absolute atomic E-state index is 0.0302. The van der Waals surface area contributed by atoms with Crippen molar-refractivity contribution in [3.63, 3.8) is 0 Å². The van der Waals surface area contributed by atoms with Crippen molar-refractivity contribution in [3.05, 3.63) is 35.9 Å². The lowest BCUT2D eigenvalue weighted by Crippen LogP contribution is -2.32. The predicted octanol–water partition coefficient (Wildman–Crippen LogP) is 1.89. The van der Waals surface area contributed by atoms with Crippen LogP contribution in [0.3, 0.4) is 0 Å². The molecule has 1 saturated heterocycles. The first-order chi connectivity index (χ1) is 9.58. The molecule has 0 bridgehead atoms. The topological polar surface area (TPSA) is 73.7 Å². The molecule has 0 aliphatic carbocycles. The number of aliphatic hydroxyl groups is 1. The van der Waals surface area contributed by atoms with Crippen LogP contribution >= 0.6 is 0 Å². The fourth-order valence-electron chi connectivity index (χ4n) is 2.74. The highest BCUT2D eigenvalue weighted by Gasteiger charge is 2.29. The normalized spacial score (nSPS) is 22.4. The van der Waals surface area contributed by atoms with Gasteiger partial charge in [0.1, 0.15) is 5.82 Å². The molecule has 3 rings (SSSR count). The van der Waals surface area contributed by atoms with Gasteiger partial charge in [0.05, 0.1) is 23.2 Å². The molecule has 1 aliphatic rings. The van der Waals surface area contributed by atoms with Crippen LogP contribution in [0.4, 0.5) is 5.82 Å². The first-order valence-electron chi connectivity index (χ1n) is 6.65. The summed E-state index contributed by atoms with van der Waals surface area (Å²) in [6.07, 6.45) is 0.397. The zero-order valence-electron chi connectivity index (χ0n) is 11.2. The third kappa shape index (κ3) is 2.00. The van der Waals surface area contributed by atoms with E-state index in [1.165, 1.54) is 0 Å². The molecule has 20 heavy (non-hydrogen) atoms. The molecule has 1 aliphatic heterocycles. The number of aromatic carboxylic acids is 1. The molecule has 2 N–H and O–H groups in total. The molecule has 0 amide bonds. The second kappa shape index (κ2) is 4.76. The molecule has 2 unspecified atom stereocenters. The Morgan fingerprint density at radius 1 is 1.35 bits per heavy atom. The number of nitrogens with zero attached hydrogens (tertiary/aromatic N) is 2. The molecule has 2 heterocycles. The zero-order valence-corrected chi connectivity index (χ0v) is 11.2. The van der Waals surface area contributed by atoms with E-state index in [1.807, 2.05) is 19.1 Å². The van der Waals surface area contributed by atoms with Crippen molar-refractivity contribution in [1.29, 1.82) is 0 Å². The summed E-state index contributed by atoms with van der Waals surface area (Å²) in [5.41, 5.74) is 0.923. The monoisotopic (exact) mass is 272 g/mol. The van der Waals surface area contributed by atoms with E-state index in [-0.39, 0.29) is 17.7 Å². The Morgan fingerprint density at radius 2 is 2.15 bits per heavy atom. The lowest BCUT2D eigenvalue weighted by molar-refractivity contribution is 0.0699. The molecule has 5 heteroatoms. The van der Waals surface area contributed by atoms with Crippen molar-refractivity contribution >= 4 is 22.7 Å². The van der Waals surface area contributed by atoms with E-state index >= 15 is 0 Å². The van der Waals surface area contributed by atoms with Crippen molar-refractivity contribution in [2.45, 2.75) is 25.5 Å². The maximum absolute atomic E-state index is 11.2. The van der Waals surface area contributed by atoms with Gasteiger partial charge in [0.15, 0.2) is 0 Å². The minimum atomic E-state index is -0.949. The van der Waals surface area contributed by atoms with Gasteiger partial charge in [0.25, 0.3) is 0 Å². The van der Waals surface area contributed by atoms with Crippen molar-refractivity contribution in [3.8, 4) is 0 Å². The highest BCUT2D eigenvalue weighted by molar-refractivity contribution is 6.02. The maximum Gasteiger partial charge on any atom is 0.336 e. The average Bonchev–Trinajstić information content (AvgIpc) is 2.77. The van der Waals surface area contributed by atoms with E-state index in [2.05, 4.69) is 9.88 Å². The molecule has 1 fully saturated rings. The lowest BCUT2D eigenvalue weighted by atomic mass is 10.1. The zero-order chi connectivity index (χ0) is 14.3. The fourth-order valence-corrected chi connectivity index (χ4v) is 2.74. The van der Waals surface area contributed by atoms with Gasteiger partial charge in [0.2, 0.25) is 0 Å². The Hall–Kier alpha value is -2.14. The summed E-state index contributed by atoms with van der Waals surface area (Å²) in [5, 5.41) is 19.6. The largest absolute Gasteiger partial charge is 0.478 e. The smallest absolute Gasteiger partial charge is 0.336 e. The highest BCUT2D eigenvalue weighted by Crippen LogP contribution is 2.27. The Balaban J connectivity index is 2.06. The number of benzene rings is 1. The Morgan fingerprint density at radius 3 is 2.80 bits per heavy atom. The van der Waals surface area contributed by atoms with E-state index in [0.29, 0.717) is 10.9 Å². The van der Waals surface area contributed by atoms with Gasteiger partial charge in [-0.2, -0.15) is 0 Å². The molecule has 0 saturated carbocycles. The number of rotatable bonds is 2. The highest BCUT2D eigenvalue weighted by atomic mass is 16.4. The van der Waals surface area contributed by atoms with E-state index in [0.717, 1.165) is 18.8 Å². The number of fused-ring (bicyclic) bond motifs is 1. The number of hydrogen-bond acceptors (Lipinski definition) is 4. The summed E-state index contributed by atoms with van der Waals surface area (Å²) in [7, 11) is 0. The maximum atomic E-state index is 11.2. The van der Waals surface area contributed by atoms with Gasteiger partial charge < -0.3 is 15.1 Å². The molecule has 2 aromatic rings. The van der Waals surface area contributed by atoms with Crippen LogP contribution in [0.15, 0.2) is 30.3 Å². The van der Waals surface area contributed by atoms with Crippen molar-refractivity contribution < 1.29 is 15.0 Å². The van der Waals surface area contributed by atoms with E-state index < -0.39 is 5.97 Å². The third-order valence-corrected chi connectivity index (χ3v) is 3.96. The Kier molecular flexibility index (Phi) is 3.06. The van der Waals surface area contributed by atoms with Crippen LogP contribution < -0.4 is 4.90 Å². The van der Waals surface area contributed by atoms with Gasteiger partial charge in [-0.05, 0) is 37.6 Å². The second-order valence-electron chi connectivity index (χ2n) is 5.14. The van der Waals surface area contributed by atoms with E-state index in [4.69, 9.17) is 5.11 Å². The van der Waals surface area contributed by atoms with Crippen LogP contribution in [-0.2, 0) is 0 Å². The van der Waals surface area contributed by atoms with Gasteiger partial charge in [-0.25, -0.2) is 9.78 Å². The van der Waals surface area contributed by atoms with Crippen molar-refractivity contribution in [2.24, 2.45) is 0 Å². The summed E-state index contributed by atoms with van der Waals surface area (Å²) < 4.78 is 0. The predicted molar refractivity (Wildman–Crippen MR) is 76.1 cm³/mol. The summed E-state index contributed by atoms with van der Waals surface area (Å²) >= 11 is 0. The number of hydrogen-bond donors (Lipinski definition) is 2. The summed E-state index contributed by atoms with van der Waals surface area (Å²) in [4.78, 5) is 17.8. The van der Waals surface area contributed by atoms with Crippen LogP contribution in [0.5, 0.6) is 0 Å². The van der Waals surface area contributed by atoms with Gasteiger partial charge in [-0.15, -0.1) is 0 Å².